The predicted octanol–water partition coefficient (Wildman–Crippen LogP) is 2.54. The number of aliphatic hydroxyl groups is 3. The number of benzene rings is 3. The van der Waals surface area contributed by atoms with E-state index in [0.29, 0.717) is 103 Å². The van der Waals surface area contributed by atoms with E-state index in [-0.39, 0.29) is 94.8 Å². The molecule has 0 aliphatic carbocycles. The van der Waals surface area contributed by atoms with Crippen molar-refractivity contribution in [3.05, 3.63) is 104 Å². The Balaban J connectivity index is 0.000000167. The number of ketones is 1. The third-order valence-corrected chi connectivity index (χ3v) is 19.0. The molecular formula is C60H80Cl2N14O14S2. The number of ether oxygens (including phenoxy) is 3. The fourth-order valence-electron chi connectivity index (χ4n) is 10.5. The average Bonchev–Trinajstić information content (AvgIpc) is 1.26. The molecule has 0 bridgehead atoms. The molecule has 92 heavy (non-hydrogen) atoms. The van der Waals surface area contributed by atoms with E-state index in [4.69, 9.17) is 40.1 Å². The van der Waals surface area contributed by atoms with Crippen LogP contribution in [0.5, 0.6) is 11.5 Å². The Morgan fingerprint density at radius 2 is 1.09 bits per heavy atom. The molecule has 32 heteroatoms. The highest BCUT2D eigenvalue weighted by Crippen LogP contribution is 2.35. The Morgan fingerprint density at radius 1 is 0.630 bits per heavy atom. The molecule has 0 spiro atoms. The number of aromatic amines is 2. The first kappa shape index (κ1) is 70.9. The van der Waals surface area contributed by atoms with Gasteiger partial charge in [-0.05, 0) is 68.7 Å². The number of fused-ring (bicyclic) bond motifs is 2. The number of H-pyrrole nitrogens is 2. The van der Waals surface area contributed by atoms with Crippen molar-refractivity contribution in [2.75, 3.05) is 91.8 Å². The van der Waals surface area contributed by atoms with Crippen LogP contribution in [0.3, 0.4) is 0 Å². The number of nitrogens with zero attached hydrogens (tertiary/aromatic N) is 10. The van der Waals surface area contributed by atoms with Gasteiger partial charge in [0.05, 0.1) is 76.9 Å². The molecule has 0 unspecified atom stereocenters. The van der Waals surface area contributed by atoms with Crippen LogP contribution in [0.2, 0.25) is 0 Å². The smallest absolute Gasteiger partial charge is 0.410 e. The molecule has 0 saturated carbocycles. The van der Waals surface area contributed by atoms with E-state index >= 15 is 0 Å². The van der Waals surface area contributed by atoms with Gasteiger partial charge in [0.15, 0.2) is 16.8 Å². The highest BCUT2D eigenvalue weighted by atomic mass is 35.7. The summed E-state index contributed by atoms with van der Waals surface area (Å²) in [6.07, 6.45) is 2.21. The lowest BCUT2D eigenvalue weighted by Crippen LogP contribution is -2.67. The van der Waals surface area contributed by atoms with Crippen LogP contribution in [-0.4, -0.2) is 225 Å². The minimum atomic E-state index is -3.95. The summed E-state index contributed by atoms with van der Waals surface area (Å²) < 4.78 is 70.9. The lowest BCUT2D eigenvalue weighted by molar-refractivity contribution is -0.127. The second kappa shape index (κ2) is 31.3. The molecule has 7 N–H and O–H groups in total. The number of nitrogens with one attached hydrogen (secondary N) is 4. The Hall–Kier alpha value is -6.94. The number of rotatable bonds is 17. The average molecular weight is 1360 g/mol. The third kappa shape index (κ3) is 16.9. The number of sulfonamides is 1. The van der Waals surface area contributed by atoms with E-state index in [9.17, 15) is 41.1 Å². The lowest BCUT2D eigenvalue weighted by Gasteiger charge is -2.49. The van der Waals surface area contributed by atoms with E-state index < -0.39 is 25.2 Å². The van der Waals surface area contributed by atoms with Gasteiger partial charge in [0.25, 0.3) is 20.2 Å². The van der Waals surface area contributed by atoms with Crippen LogP contribution >= 0.6 is 23.1 Å². The maximum atomic E-state index is 13.3. The quantitative estimate of drug-likeness (QED) is 0.0644. The molecule has 28 nitrogen and oxygen atoms in total. The largest absolute Gasteiger partial charge is 0.493 e. The van der Waals surface area contributed by atoms with Gasteiger partial charge < -0.3 is 50.1 Å². The van der Waals surface area contributed by atoms with Crippen molar-refractivity contribution in [3.63, 3.8) is 0 Å². The first-order valence-electron chi connectivity index (χ1n) is 30.3. The molecule has 0 atom stereocenters. The van der Waals surface area contributed by atoms with E-state index in [1.165, 1.54) is 48.9 Å². The topological polar surface area (TPSA) is 355 Å². The van der Waals surface area contributed by atoms with Crippen LogP contribution < -0.4 is 31.2 Å². The first-order valence-corrected chi connectivity index (χ1v) is 34.1. The molecule has 6 aliphatic rings. The summed E-state index contributed by atoms with van der Waals surface area (Å²) >= 11 is 0. The summed E-state index contributed by atoms with van der Waals surface area (Å²) in [6, 6.07) is 19.1. The summed E-state index contributed by atoms with van der Waals surface area (Å²) in [7, 11) is 1.17. The van der Waals surface area contributed by atoms with Gasteiger partial charge in [-0.3, -0.25) is 38.4 Å². The number of aliphatic hydroxyl groups excluding tert-OH is 3. The number of carbonyl (C=O) groups excluding carboxylic acids is 2. The Morgan fingerprint density at radius 3 is 1.49 bits per heavy atom. The number of Topliss-reactive ketones (excluding diaryl/α,β-unsaturated/α-hetero) is 1. The first-order chi connectivity index (χ1) is 43.5. The normalized spacial score (nSPS) is 17.2. The van der Waals surface area contributed by atoms with Gasteiger partial charge >= 0.3 is 6.09 Å². The number of likely N-dealkylation sites (tertiary alicyclic amines) is 3. The van der Waals surface area contributed by atoms with Crippen molar-refractivity contribution >= 4 is 76.1 Å². The summed E-state index contributed by atoms with van der Waals surface area (Å²) in [5.74, 6) is 1.34. The van der Waals surface area contributed by atoms with Crippen LogP contribution in [0, 0.1) is 0 Å². The van der Waals surface area contributed by atoms with E-state index in [1.54, 1.807) is 27.1 Å². The maximum Gasteiger partial charge on any atom is 0.410 e. The maximum absolute atomic E-state index is 13.3. The molecule has 1 amide bonds. The van der Waals surface area contributed by atoms with Crippen LogP contribution in [-0.2, 0) is 62.1 Å². The van der Waals surface area contributed by atoms with Crippen molar-refractivity contribution in [1.29, 1.82) is 0 Å². The standard InChI is InChI=1S/C23H30N6O5S.C17H19ClN4O4S.C11H11NO3.C6H12N2O.C3H7NO.ClH/c1-4-6-18-20-21(27(3)26-18)23(31)25-22(24-20)17-9-16(7-8-19(17)34-5-2)35(32,33)29-10-14(11-29)28-12-15(30)13-28;1-4-6-12-14-15(22(3)21-12)17(23)20-16(19-14)11-9-10(27(18,24)25)7-8-13(11)26-5-2;13-10-6-12(7-10)11(14)15-8-9-4-2-1-3-5-9;9-6-3-8(4-6)5-1-7-2-5;5-3-1-4-2-3;/h7-9,14-15,30H,4-6,10-13H2,1-3H3,(H,24,25,31);7-9H,4-6H2,1-3H3,(H,19,20,23);1-5H,6-8H2;5-7,9H,1-4H2;3-5H,1-2H2;1H. The molecular weight excluding hydrogens is 1280 g/mol. The van der Waals surface area contributed by atoms with Crippen molar-refractivity contribution in [2.24, 2.45) is 14.1 Å². The molecule has 0 radical (unpaired) electrons. The van der Waals surface area contributed by atoms with Crippen molar-refractivity contribution in [2.45, 2.75) is 100 Å². The van der Waals surface area contributed by atoms with Crippen LogP contribution in [0.15, 0.2) is 86.1 Å². The number of aryl methyl sites for hydroxylation is 4. The Kier molecular flexibility index (Phi) is 24.1. The summed E-state index contributed by atoms with van der Waals surface area (Å²) in [5, 5.41) is 41.8. The van der Waals surface area contributed by atoms with Gasteiger partial charge in [-0.15, -0.1) is 12.4 Å². The van der Waals surface area contributed by atoms with Gasteiger partial charge in [0.2, 0.25) is 10.0 Å². The van der Waals surface area contributed by atoms with E-state index in [0.717, 1.165) is 69.4 Å². The van der Waals surface area contributed by atoms with Gasteiger partial charge in [0, 0.05) is 102 Å². The summed E-state index contributed by atoms with van der Waals surface area (Å²) in [6.45, 7) is 16.6. The zero-order valence-electron chi connectivity index (χ0n) is 52.1. The van der Waals surface area contributed by atoms with Gasteiger partial charge in [0.1, 0.15) is 40.8 Å². The molecule has 6 aliphatic heterocycles. The number of amides is 1. The Bertz CT molecular complexity index is 4050. The highest BCUT2D eigenvalue weighted by molar-refractivity contribution is 8.13. The lowest BCUT2D eigenvalue weighted by atomic mass is 10.0. The van der Waals surface area contributed by atoms with Crippen molar-refractivity contribution < 1.29 is 56.0 Å². The van der Waals surface area contributed by atoms with Gasteiger partial charge in [-0.1, -0.05) is 57.0 Å². The predicted molar refractivity (Wildman–Crippen MR) is 346 cm³/mol. The fraction of sp³-hybridized carbons (Fsp3) is 0.500. The zero-order valence-corrected chi connectivity index (χ0v) is 55.3. The number of β-amino-alcohol motifs (C(OH)–C–C–N with tert-alkyl or cyclic N) is 3. The molecule has 6 saturated heterocycles. The molecule has 6 fully saturated rings. The van der Waals surface area contributed by atoms with Crippen LogP contribution in [0.1, 0.15) is 57.5 Å². The van der Waals surface area contributed by atoms with Gasteiger partial charge in [-0.2, -0.15) is 14.5 Å². The number of hydrogen-bond donors (Lipinski definition) is 7. The Labute approximate surface area is 543 Å². The second-order valence-corrected chi connectivity index (χ2v) is 27.2. The second-order valence-electron chi connectivity index (χ2n) is 22.7. The van der Waals surface area contributed by atoms with E-state index in [1.807, 2.05) is 51.1 Å². The van der Waals surface area contributed by atoms with Crippen LogP contribution in [0.25, 0.3) is 44.8 Å². The van der Waals surface area contributed by atoms with Gasteiger partial charge in [-0.25, -0.2) is 31.6 Å². The minimum Gasteiger partial charge on any atom is -0.493 e. The zero-order chi connectivity index (χ0) is 65.3. The summed E-state index contributed by atoms with van der Waals surface area (Å²) in [4.78, 5) is 68.0. The van der Waals surface area contributed by atoms with E-state index in [2.05, 4.69) is 45.6 Å². The molecule has 13 rings (SSSR count). The molecule has 500 valence electrons. The number of aromatic nitrogens is 8. The highest BCUT2D eigenvalue weighted by Gasteiger charge is 2.43. The SMILES string of the molecule is CCCc1nn(C)c2c(=O)[nH]c(-c3cc(S(=O)(=O)Cl)ccc3OCC)nc12.CCCc1nn(C)c2c(=O)[nH]c(-c3cc(S(=O)(=O)N4CC(N5CC(O)C5)C4)ccc3OCC)nc12.Cl.O=C1CN(C(=O)OCc2ccccc2)C1.OC1CN(C2CNC2)C1.OC1CNC1. The minimum absolute atomic E-state index is 0. The van der Waals surface area contributed by atoms with Crippen molar-refractivity contribution in [3.8, 4) is 34.3 Å². The van der Waals surface area contributed by atoms with Crippen molar-refractivity contribution in [1.82, 2.24) is 69.1 Å². The molecule has 4 aromatic heterocycles. The number of carbonyl (C=O) groups is 2. The summed E-state index contributed by atoms with van der Waals surface area (Å²) in [5.41, 5.74) is 4.13. The number of hydrogen-bond acceptors (Lipinski definition) is 22. The fourth-order valence-corrected chi connectivity index (χ4v) is 12.8. The monoisotopic (exact) mass is 1350 g/mol. The third-order valence-electron chi connectivity index (χ3n) is 15.8. The molecule has 3 aromatic carbocycles. The molecule has 10 heterocycles. The number of halogens is 2. The molecule has 7 aromatic rings. The van der Waals surface area contributed by atoms with Crippen LogP contribution in [0.4, 0.5) is 4.79 Å².